The van der Waals surface area contributed by atoms with Crippen LogP contribution in [0.1, 0.15) is 40.5 Å². The number of aliphatic hydroxyl groups excluding tert-OH is 2. The normalized spacial score (nSPS) is 22.9. The number of hydrogen-bond donors (Lipinski definition) is 2. The van der Waals surface area contributed by atoms with Gasteiger partial charge >= 0.3 is 0 Å². The van der Waals surface area contributed by atoms with E-state index in [4.69, 9.17) is 5.11 Å². The van der Waals surface area contributed by atoms with Gasteiger partial charge < -0.3 is 10.2 Å². The zero-order chi connectivity index (χ0) is 13.2. The molecule has 1 atom stereocenters. The van der Waals surface area contributed by atoms with Gasteiger partial charge in [0.2, 0.25) is 0 Å². The molecule has 0 aromatic rings. The second kappa shape index (κ2) is 5.00. The predicted octanol–water partition coefficient (Wildman–Crippen LogP) is 2.03. The highest BCUT2D eigenvalue weighted by molar-refractivity contribution is 6.22. The zero-order valence-electron chi connectivity index (χ0n) is 10.9. The molecule has 4 nitrogen and oxygen atoms in total. The topological polar surface area (TPSA) is 69.9 Å². The number of hydrogen-bond acceptors (Lipinski definition) is 4. The molecule has 0 radical (unpaired) electrons. The highest BCUT2D eigenvalue weighted by Crippen LogP contribution is 2.36. The standard InChI is InChI=1S/C13H21NO3/c1-8(7-15)14-9(2)12-10(16)5-13(3,4)6-11(12)17/h8,15-16H,5-7H2,1-4H3/t8-/m1/s1. The summed E-state index contributed by atoms with van der Waals surface area (Å²) in [6, 6.07) is -0.252. The maximum atomic E-state index is 12.0. The molecule has 0 aliphatic heterocycles. The number of carbonyl (C=O) groups is 1. The molecule has 0 aromatic heterocycles. The number of aliphatic imine (C=N–C) groups is 1. The van der Waals surface area contributed by atoms with Gasteiger partial charge in [-0.05, 0) is 19.3 Å². The van der Waals surface area contributed by atoms with Crippen molar-refractivity contribution >= 4 is 11.5 Å². The van der Waals surface area contributed by atoms with E-state index in [1.807, 2.05) is 13.8 Å². The molecule has 96 valence electrons. The Hall–Kier alpha value is -1.16. The van der Waals surface area contributed by atoms with Crippen LogP contribution >= 0.6 is 0 Å². The summed E-state index contributed by atoms with van der Waals surface area (Å²) >= 11 is 0. The molecule has 0 aromatic carbocycles. The largest absolute Gasteiger partial charge is 0.511 e. The predicted molar refractivity (Wildman–Crippen MR) is 67.3 cm³/mol. The van der Waals surface area contributed by atoms with Crippen molar-refractivity contribution in [1.82, 2.24) is 0 Å². The molecule has 1 aliphatic rings. The average Bonchev–Trinajstić information content (AvgIpc) is 2.13. The highest BCUT2D eigenvalue weighted by Gasteiger charge is 2.34. The fourth-order valence-corrected chi connectivity index (χ4v) is 2.13. The maximum absolute atomic E-state index is 12.0. The second-order valence-corrected chi connectivity index (χ2v) is 5.51. The summed E-state index contributed by atoms with van der Waals surface area (Å²) in [6.07, 6.45) is 0.918. The summed E-state index contributed by atoms with van der Waals surface area (Å²) in [4.78, 5) is 16.2. The molecular formula is C13H21NO3. The molecule has 2 N–H and O–H groups in total. The maximum Gasteiger partial charge on any atom is 0.168 e. The van der Waals surface area contributed by atoms with Gasteiger partial charge in [-0.1, -0.05) is 13.8 Å². The molecule has 1 rings (SSSR count). The van der Waals surface area contributed by atoms with E-state index in [9.17, 15) is 9.90 Å². The number of allylic oxidation sites excluding steroid dienone is 2. The van der Waals surface area contributed by atoms with E-state index in [1.54, 1.807) is 13.8 Å². The number of Topliss-reactive ketones (excluding diaryl/α,β-unsaturated/α-hetero) is 1. The smallest absolute Gasteiger partial charge is 0.168 e. The molecule has 0 bridgehead atoms. The fourth-order valence-electron chi connectivity index (χ4n) is 2.13. The summed E-state index contributed by atoms with van der Waals surface area (Å²) in [7, 11) is 0. The Bertz CT molecular complexity index is 380. The van der Waals surface area contributed by atoms with Gasteiger partial charge in [-0.25, -0.2) is 0 Å². The summed E-state index contributed by atoms with van der Waals surface area (Å²) in [5.41, 5.74) is 0.669. The van der Waals surface area contributed by atoms with Gasteiger partial charge in [0.1, 0.15) is 5.76 Å². The molecule has 0 saturated heterocycles. The summed E-state index contributed by atoms with van der Waals surface area (Å²) < 4.78 is 0. The van der Waals surface area contributed by atoms with Gasteiger partial charge in [0.15, 0.2) is 5.78 Å². The first-order valence-electron chi connectivity index (χ1n) is 5.88. The van der Waals surface area contributed by atoms with Gasteiger partial charge in [0.05, 0.1) is 18.2 Å². The van der Waals surface area contributed by atoms with Crippen LogP contribution in [0.25, 0.3) is 0 Å². The van der Waals surface area contributed by atoms with E-state index in [-0.39, 0.29) is 29.6 Å². The van der Waals surface area contributed by atoms with Gasteiger partial charge in [0, 0.05) is 18.6 Å². The highest BCUT2D eigenvalue weighted by atomic mass is 16.3. The van der Waals surface area contributed by atoms with Crippen molar-refractivity contribution in [3.8, 4) is 0 Å². The first kappa shape index (κ1) is 13.9. The van der Waals surface area contributed by atoms with E-state index in [0.717, 1.165) is 0 Å². The van der Waals surface area contributed by atoms with Crippen molar-refractivity contribution in [2.75, 3.05) is 6.61 Å². The Labute approximate surface area is 102 Å². The Morgan fingerprint density at radius 2 is 2.06 bits per heavy atom. The average molecular weight is 239 g/mol. The van der Waals surface area contributed by atoms with Crippen molar-refractivity contribution < 1.29 is 15.0 Å². The Morgan fingerprint density at radius 3 is 2.53 bits per heavy atom. The van der Waals surface area contributed by atoms with E-state index in [0.29, 0.717) is 24.1 Å². The Balaban J connectivity index is 3.05. The molecule has 0 heterocycles. The molecule has 0 spiro atoms. The molecular weight excluding hydrogens is 218 g/mol. The minimum Gasteiger partial charge on any atom is -0.511 e. The molecule has 17 heavy (non-hydrogen) atoms. The minimum absolute atomic E-state index is 0.0644. The zero-order valence-corrected chi connectivity index (χ0v) is 10.9. The van der Waals surface area contributed by atoms with E-state index < -0.39 is 0 Å². The van der Waals surface area contributed by atoms with Crippen molar-refractivity contribution in [2.45, 2.75) is 46.6 Å². The number of rotatable bonds is 3. The lowest BCUT2D eigenvalue weighted by Gasteiger charge is -2.29. The molecule has 0 amide bonds. The molecule has 0 unspecified atom stereocenters. The van der Waals surface area contributed by atoms with Crippen LogP contribution in [0, 0.1) is 5.41 Å². The monoisotopic (exact) mass is 239 g/mol. The van der Waals surface area contributed by atoms with Crippen molar-refractivity contribution in [3.63, 3.8) is 0 Å². The van der Waals surface area contributed by atoms with Crippen LogP contribution < -0.4 is 0 Å². The van der Waals surface area contributed by atoms with Crippen LogP contribution in [0.15, 0.2) is 16.3 Å². The minimum atomic E-state index is -0.252. The second-order valence-electron chi connectivity index (χ2n) is 5.51. The number of carbonyl (C=O) groups excluding carboxylic acids is 1. The van der Waals surface area contributed by atoms with Crippen molar-refractivity contribution in [3.05, 3.63) is 11.3 Å². The summed E-state index contributed by atoms with van der Waals surface area (Å²) in [5, 5.41) is 18.9. The van der Waals surface area contributed by atoms with Crippen LogP contribution in [-0.4, -0.2) is 34.4 Å². The third kappa shape index (κ3) is 3.40. The van der Waals surface area contributed by atoms with Crippen molar-refractivity contribution in [1.29, 1.82) is 0 Å². The molecule has 0 saturated carbocycles. The quantitative estimate of drug-likeness (QED) is 0.740. The molecule has 1 aliphatic carbocycles. The van der Waals surface area contributed by atoms with Crippen LogP contribution in [0.5, 0.6) is 0 Å². The summed E-state index contributed by atoms with van der Waals surface area (Å²) in [6.45, 7) is 7.32. The van der Waals surface area contributed by atoms with E-state index in [1.165, 1.54) is 0 Å². The van der Waals surface area contributed by atoms with Crippen LogP contribution in [0.2, 0.25) is 0 Å². The number of aliphatic hydroxyl groups is 2. The van der Waals surface area contributed by atoms with Crippen LogP contribution in [0.3, 0.4) is 0 Å². The number of ketones is 1. The third-order valence-electron chi connectivity index (χ3n) is 2.89. The third-order valence-corrected chi connectivity index (χ3v) is 2.89. The van der Waals surface area contributed by atoms with Crippen LogP contribution in [-0.2, 0) is 4.79 Å². The Morgan fingerprint density at radius 1 is 1.47 bits per heavy atom. The van der Waals surface area contributed by atoms with Crippen LogP contribution in [0.4, 0.5) is 0 Å². The Kier molecular flexibility index (Phi) is 4.09. The van der Waals surface area contributed by atoms with E-state index in [2.05, 4.69) is 4.99 Å². The molecule has 4 heteroatoms. The van der Waals surface area contributed by atoms with Gasteiger partial charge in [-0.3, -0.25) is 9.79 Å². The fraction of sp³-hybridized carbons (Fsp3) is 0.692. The van der Waals surface area contributed by atoms with Crippen molar-refractivity contribution in [2.24, 2.45) is 10.4 Å². The lowest BCUT2D eigenvalue weighted by Crippen LogP contribution is -2.29. The lowest BCUT2D eigenvalue weighted by molar-refractivity contribution is -0.117. The van der Waals surface area contributed by atoms with Gasteiger partial charge in [0.25, 0.3) is 0 Å². The first-order chi connectivity index (χ1) is 7.76. The molecule has 0 fully saturated rings. The lowest BCUT2D eigenvalue weighted by atomic mass is 9.76. The van der Waals surface area contributed by atoms with E-state index >= 15 is 0 Å². The SMILES string of the molecule is CC(=N[C@H](C)CO)C1=C(O)CC(C)(C)CC1=O. The van der Waals surface area contributed by atoms with Gasteiger partial charge in [-0.2, -0.15) is 0 Å². The first-order valence-corrected chi connectivity index (χ1v) is 5.88. The van der Waals surface area contributed by atoms with Gasteiger partial charge in [-0.15, -0.1) is 0 Å². The number of nitrogens with zero attached hydrogens (tertiary/aromatic N) is 1. The summed E-state index contributed by atoms with van der Waals surface area (Å²) in [5.74, 6) is 0.0581.